The summed E-state index contributed by atoms with van der Waals surface area (Å²) >= 11 is 0. The summed E-state index contributed by atoms with van der Waals surface area (Å²) in [5.74, 6) is 5.26. The van der Waals surface area contributed by atoms with Crippen LogP contribution in [0.15, 0.2) is 0 Å². The monoisotopic (exact) mass is 1850 g/mol. The molecular weight excluding hydrogens is 1630 g/mol. The largest absolute Gasteiger partial charge is 0.394 e. The quantitative estimate of drug-likeness (QED) is 0.0908. The summed E-state index contributed by atoms with van der Waals surface area (Å²) in [6.45, 7) is 115. The first-order chi connectivity index (χ1) is 56.4. The van der Waals surface area contributed by atoms with Crippen LogP contribution in [0.5, 0.6) is 0 Å². The molecule has 8 aliphatic carbocycles. The third-order valence-corrected chi connectivity index (χ3v) is 21.5. The molecule has 12 nitrogen and oxygen atoms in total. The van der Waals surface area contributed by atoms with Crippen LogP contribution in [-0.2, 0) is 56.8 Å². The van der Waals surface area contributed by atoms with Gasteiger partial charge in [0.2, 0.25) is 0 Å². The molecule has 778 valence electrons. The normalized spacial score (nSPS) is 18.7. The second kappa shape index (κ2) is 57.0. The molecule has 2 spiro atoms. The zero-order valence-electron chi connectivity index (χ0n) is 95.1. The standard InChI is InChI=1S/C13H22O.C10H17F3O.C10H22O.3C9H18O.C9H20O.C8H16O.C8H18O.C7H13F3O.C7H16.C6H14O.C5H12O/c1-11(2,3)14-9-4-10-12(5-6-12)13(10)7-8-13;1-8(2,3)14-7-6-9(4-5-9)10(11,12)13;1-9(2,3)7-8-11-10(4,5)6;1-8(2,3)10-7-9(4)5-6-9;1-9(2,3)10-7-6-8-4-5-8;1-9(2,3)10-7-8-5-4-6-8;1-8(2,3)7-10-9(4,5)6;1-8(2,3)9-6-7-4-5-7;1-7(2)6-9-8(3,4)5;1-6(2,3)11-5-4-7(8,9)10;1-6(2)7(3,4)5;1-5-7-6(2,3)4;1-5(2,3)6-4/h10H,4-9H2,1-3H3;4-7H2,1-3H3;7-8H2,1-6H3;5-7H2,1-4H3;2*8H,4-7H2,1-3H3;7H2,1-6H3;7H,4-6H2,1-3H3;7H,6H2,1-5H3;4-5H2,1-3H3;6H,1-5H3;5H2,1-4H3;1-4H3. The second-order valence-corrected chi connectivity index (χ2v) is 54.4. The molecule has 0 atom stereocenters. The first kappa shape index (κ1) is 136. The number of fused-ring (bicyclic) bond motifs is 1. The SMILES string of the molecule is CC(C)(C)CCOC(C)(C)C.CC(C)(C)COC(C)(C)C.CC(C)(C)OCC1CC1.CC(C)(C)OCC1CCC1.CC(C)(C)OCCC(F)(F)F.CC(C)(C)OCCC1(C(F)(F)F)CC1.CC(C)(C)OCCC1C2(CC2)C12CC2.CC(C)(C)OCCC1CC1.CC(C)C(C)(C)C.CC(C)COC(C)(C)C.CC1(COC(C)(C)C)CC1.CCOC(C)(C)C.COC(C)(C)C. The average Bonchev–Trinajstić information content (AvgIpc) is 1.44. The van der Waals surface area contributed by atoms with Crippen molar-refractivity contribution >= 4 is 0 Å². The number of hydrogen-bond donors (Lipinski definition) is 0. The second-order valence-electron chi connectivity index (χ2n) is 54.4. The van der Waals surface area contributed by atoms with E-state index < -0.39 is 29.8 Å². The Bertz CT molecular complexity index is 2580. The Morgan fingerprint density at radius 3 is 0.828 bits per heavy atom. The van der Waals surface area contributed by atoms with E-state index in [0.29, 0.717) is 22.2 Å². The minimum atomic E-state index is -4.11. The molecule has 0 heterocycles. The summed E-state index contributed by atoms with van der Waals surface area (Å²) in [6, 6.07) is 0. The van der Waals surface area contributed by atoms with E-state index in [0.717, 1.165) is 106 Å². The highest BCUT2D eigenvalue weighted by Crippen LogP contribution is 2.93. The lowest BCUT2D eigenvalue weighted by atomic mass is 9.84. The van der Waals surface area contributed by atoms with Crippen LogP contribution >= 0.6 is 0 Å². The van der Waals surface area contributed by atoms with E-state index in [9.17, 15) is 26.3 Å². The van der Waals surface area contributed by atoms with Gasteiger partial charge >= 0.3 is 12.4 Å². The number of alkyl halides is 6. The van der Waals surface area contributed by atoms with Crippen molar-refractivity contribution in [1.82, 2.24) is 0 Å². The predicted molar refractivity (Wildman–Crippen MR) is 537 cm³/mol. The van der Waals surface area contributed by atoms with Gasteiger partial charge in [0.1, 0.15) is 0 Å². The van der Waals surface area contributed by atoms with Crippen molar-refractivity contribution in [3.63, 3.8) is 0 Å². The predicted octanol–water partition coefficient (Wildman–Crippen LogP) is 34.2. The van der Waals surface area contributed by atoms with E-state index in [1.54, 1.807) is 27.9 Å². The maximum absolute atomic E-state index is 12.5. The van der Waals surface area contributed by atoms with Gasteiger partial charge in [0.25, 0.3) is 0 Å². The van der Waals surface area contributed by atoms with Crippen molar-refractivity contribution in [1.29, 1.82) is 0 Å². The van der Waals surface area contributed by atoms with Crippen LogP contribution in [0.3, 0.4) is 0 Å². The van der Waals surface area contributed by atoms with Crippen molar-refractivity contribution in [2.24, 2.45) is 73.4 Å². The molecule has 0 aromatic rings. The molecule has 0 bridgehead atoms. The Hall–Kier alpha value is -0.900. The van der Waals surface area contributed by atoms with Gasteiger partial charge in [0.15, 0.2) is 0 Å². The Morgan fingerprint density at radius 1 is 0.320 bits per heavy atom. The summed E-state index contributed by atoms with van der Waals surface area (Å²) in [5, 5.41) is 0. The van der Waals surface area contributed by atoms with Gasteiger partial charge in [-0.2, -0.15) is 26.3 Å². The summed E-state index contributed by atoms with van der Waals surface area (Å²) in [7, 11) is 1.71. The van der Waals surface area contributed by atoms with Gasteiger partial charge < -0.3 is 56.8 Å². The van der Waals surface area contributed by atoms with E-state index in [-0.39, 0.29) is 99.5 Å². The smallest absolute Gasteiger partial charge is 0.379 e. The Labute approximate surface area is 793 Å². The van der Waals surface area contributed by atoms with Gasteiger partial charge in [0, 0.05) is 46.8 Å². The number of hydrogen-bond acceptors (Lipinski definition) is 12. The molecule has 8 fully saturated rings. The van der Waals surface area contributed by atoms with Crippen LogP contribution in [0.25, 0.3) is 0 Å². The minimum Gasteiger partial charge on any atom is -0.379 e. The number of methoxy groups -OCH3 is 1. The Balaban J connectivity index is -0.000000430. The lowest BCUT2D eigenvalue weighted by Crippen LogP contribution is -2.28. The maximum atomic E-state index is 12.5. The number of rotatable bonds is 23. The number of halogens is 6. The molecule has 0 aromatic carbocycles. The zero-order chi connectivity index (χ0) is 102. The Kier molecular flexibility index (Phi) is 60.3. The van der Waals surface area contributed by atoms with Crippen molar-refractivity contribution < 1.29 is 83.2 Å². The highest BCUT2D eigenvalue weighted by molar-refractivity contribution is 5.34. The van der Waals surface area contributed by atoms with Crippen LogP contribution in [-0.4, -0.2) is 159 Å². The lowest BCUT2D eigenvalue weighted by molar-refractivity contribution is -0.194. The van der Waals surface area contributed by atoms with E-state index in [4.69, 9.17) is 56.8 Å². The highest BCUT2D eigenvalue weighted by atomic mass is 19.4. The van der Waals surface area contributed by atoms with E-state index in [1.807, 2.05) is 48.5 Å². The lowest BCUT2D eigenvalue weighted by Gasteiger charge is -2.29. The van der Waals surface area contributed by atoms with Crippen LogP contribution in [0.1, 0.15) is 482 Å². The van der Waals surface area contributed by atoms with E-state index in [2.05, 4.69) is 284 Å². The molecule has 0 saturated heterocycles. The maximum Gasteiger partial charge on any atom is 0.394 e. The molecule has 0 N–H and O–H groups in total. The molecule has 8 saturated carbocycles. The summed E-state index contributed by atoms with van der Waals surface area (Å²) < 4.78 is 137. The first-order valence-corrected chi connectivity index (χ1v) is 50.1. The average molecular weight is 1850 g/mol. The zero-order valence-corrected chi connectivity index (χ0v) is 95.1. The molecule has 8 aliphatic rings. The van der Waals surface area contributed by atoms with Crippen LogP contribution in [0, 0.1) is 73.4 Å². The fourth-order valence-electron chi connectivity index (χ4n) is 11.0. The topological polar surface area (TPSA) is 111 Å². The first-order valence-electron chi connectivity index (χ1n) is 50.1. The van der Waals surface area contributed by atoms with Gasteiger partial charge in [0.05, 0.1) is 112 Å². The molecule has 0 aromatic heterocycles. The molecule has 0 aliphatic heterocycles. The van der Waals surface area contributed by atoms with Gasteiger partial charge in [-0.25, -0.2) is 0 Å². The number of ether oxygens (including phenoxy) is 12. The van der Waals surface area contributed by atoms with Crippen molar-refractivity contribution in [2.45, 2.75) is 561 Å². The van der Waals surface area contributed by atoms with Crippen molar-refractivity contribution in [3.8, 4) is 0 Å². The van der Waals surface area contributed by atoms with Gasteiger partial charge in [-0.1, -0.05) is 116 Å². The van der Waals surface area contributed by atoms with Crippen LogP contribution in [0.4, 0.5) is 26.3 Å². The molecule has 18 heteroatoms. The molecule has 0 radical (unpaired) electrons. The fraction of sp³-hybridized carbons (Fsp3) is 1.00. The van der Waals surface area contributed by atoms with Crippen LogP contribution < -0.4 is 0 Å². The summed E-state index contributed by atoms with van der Waals surface area (Å²) in [5.41, 5.74) is 1.66. The molecular formula is C110H224F6O12. The van der Waals surface area contributed by atoms with E-state index >= 15 is 0 Å². The van der Waals surface area contributed by atoms with Gasteiger partial charge in [-0.15, -0.1) is 0 Å². The fourth-order valence-corrected chi connectivity index (χ4v) is 11.0. The molecule has 128 heavy (non-hydrogen) atoms. The third-order valence-electron chi connectivity index (χ3n) is 21.5. The molecule has 0 unspecified atom stereocenters. The van der Waals surface area contributed by atoms with Gasteiger partial charge in [-0.3, -0.25) is 0 Å². The highest BCUT2D eigenvalue weighted by Gasteiger charge is 2.85. The van der Waals surface area contributed by atoms with Gasteiger partial charge in [-0.05, 0) is 427 Å². The molecule has 8 rings (SSSR count). The van der Waals surface area contributed by atoms with Crippen molar-refractivity contribution in [3.05, 3.63) is 0 Å². The third kappa shape index (κ3) is 95.4. The molecule has 0 amide bonds. The summed E-state index contributed by atoms with van der Waals surface area (Å²) in [4.78, 5) is 0. The van der Waals surface area contributed by atoms with Crippen molar-refractivity contribution in [2.75, 3.05) is 79.8 Å². The Morgan fingerprint density at radius 2 is 0.625 bits per heavy atom. The van der Waals surface area contributed by atoms with E-state index in [1.165, 1.54) is 96.3 Å². The van der Waals surface area contributed by atoms with Crippen LogP contribution in [0.2, 0.25) is 0 Å². The minimum absolute atomic E-state index is 0.00722. The summed E-state index contributed by atoms with van der Waals surface area (Å²) in [6.07, 6.45) is 14.0.